The standard InChI is InChI=1S/C16H25NO3S/c1-6-7-16(18)9-17(10-16)21(19,20)15-13(4)11(2)8-12(3)14(15)5/h8,18H,6-7,9-10H2,1-5H3. The maximum Gasteiger partial charge on any atom is 0.243 e. The summed E-state index contributed by atoms with van der Waals surface area (Å²) in [6.07, 6.45) is 1.50. The van der Waals surface area contributed by atoms with Gasteiger partial charge in [0.15, 0.2) is 0 Å². The fraction of sp³-hybridized carbons (Fsp3) is 0.625. The van der Waals surface area contributed by atoms with Crippen LogP contribution < -0.4 is 0 Å². The van der Waals surface area contributed by atoms with E-state index in [0.717, 1.165) is 28.7 Å². The van der Waals surface area contributed by atoms with Crippen LogP contribution in [0.5, 0.6) is 0 Å². The fourth-order valence-corrected chi connectivity index (χ4v) is 5.27. The van der Waals surface area contributed by atoms with Gasteiger partial charge in [-0.25, -0.2) is 8.42 Å². The van der Waals surface area contributed by atoms with E-state index in [-0.39, 0.29) is 13.1 Å². The normalized spacial score (nSPS) is 18.6. The second-order valence-electron chi connectivity index (χ2n) is 6.34. The summed E-state index contributed by atoms with van der Waals surface area (Å²) in [6.45, 7) is 9.98. The molecule has 0 aromatic heterocycles. The number of sulfonamides is 1. The van der Waals surface area contributed by atoms with Gasteiger partial charge < -0.3 is 5.11 Å². The highest BCUT2D eigenvalue weighted by Gasteiger charge is 2.47. The summed E-state index contributed by atoms with van der Waals surface area (Å²) >= 11 is 0. The Kier molecular flexibility index (Phi) is 4.21. The van der Waals surface area contributed by atoms with Gasteiger partial charge in [0.2, 0.25) is 10.0 Å². The number of rotatable bonds is 4. The quantitative estimate of drug-likeness (QED) is 0.929. The lowest BCUT2D eigenvalue weighted by molar-refractivity contribution is -0.0653. The van der Waals surface area contributed by atoms with E-state index in [1.165, 1.54) is 4.31 Å². The van der Waals surface area contributed by atoms with Gasteiger partial charge in [0.1, 0.15) is 0 Å². The van der Waals surface area contributed by atoms with Crippen molar-refractivity contribution in [3.05, 3.63) is 28.3 Å². The van der Waals surface area contributed by atoms with Gasteiger partial charge in [-0.05, 0) is 56.4 Å². The van der Waals surface area contributed by atoms with Crippen LogP contribution in [0.3, 0.4) is 0 Å². The van der Waals surface area contributed by atoms with Crippen LogP contribution in [0.25, 0.3) is 0 Å². The Morgan fingerprint density at radius 3 is 2.05 bits per heavy atom. The van der Waals surface area contributed by atoms with Crippen molar-refractivity contribution in [2.24, 2.45) is 0 Å². The average Bonchev–Trinajstić information content (AvgIpc) is 2.33. The first-order valence-corrected chi connectivity index (χ1v) is 8.86. The molecule has 1 N–H and O–H groups in total. The molecule has 1 aliphatic rings. The number of aliphatic hydroxyl groups is 1. The van der Waals surface area contributed by atoms with Crippen LogP contribution in [0.1, 0.15) is 42.0 Å². The lowest BCUT2D eigenvalue weighted by atomic mass is 9.92. The summed E-state index contributed by atoms with van der Waals surface area (Å²) in [4.78, 5) is 0.415. The predicted molar refractivity (Wildman–Crippen MR) is 84.0 cm³/mol. The lowest BCUT2D eigenvalue weighted by Crippen LogP contribution is -2.63. The fourth-order valence-electron chi connectivity index (χ4n) is 3.10. The van der Waals surface area contributed by atoms with Gasteiger partial charge in [-0.3, -0.25) is 0 Å². The SMILES string of the molecule is CCCC1(O)CN(S(=O)(=O)c2c(C)c(C)cc(C)c2C)C1. The van der Waals surface area contributed by atoms with E-state index < -0.39 is 15.6 Å². The molecule has 1 fully saturated rings. The van der Waals surface area contributed by atoms with Gasteiger partial charge in [-0.15, -0.1) is 0 Å². The Morgan fingerprint density at radius 2 is 1.62 bits per heavy atom. The molecule has 0 aliphatic carbocycles. The summed E-state index contributed by atoms with van der Waals surface area (Å²) in [5.41, 5.74) is 2.75. The molecule has 0 saturated carbocycles. The highest BCUT2D eigenvalue weighted by molar-refractivity contribution is 7.89. The highest BCUT2D eigenvalue weighted by Crippen LogP contribution is 2.35. The van der Waals surface area contributed by atoms with Gasteiger partial charge in [0, 0.05) is 13.1 Å². The van der Waals surface area contributed by atoms with Gasteiger partial charge in [-0.1, -0.05) is 19.4 Å². The van der Waals surface area contributed by atoms with E-state index in [2.05, 4.69) is 0 Å². The molecule has 2 rings (SSSR count). The maximum absolute atomic E-state index is 12.9. The zero-order valence-corrected chi connectivity index (χ0v) is 14.3. The lowest BCUT2D eigenvalue weighted by Gasteiger charge is -2.45. The Morgan fingerprint density at radius 1 is 1.14 bits per heavy atom. The van der Waals surface area contributed by atoms with E-state index in [0.29, 0.717) is 11.3 Å². The largest absolute Gasteiger partial charge is 0.387 e. The number of β-amino-alcohol motifs (C(OH)–C–C–N with tert-alkyl or cyclic N) is 1. The first kappa shape index (κ1) is 16.5. The molecule has 0 spiro atoms. The third kappa shape index (κ3) is 2.74. The van der Waals surface area contributed by atoms with Gasteiger partial charge in [-0.2, -0.15) is 4.31 Å². The molecule has 1 aromatic rings. The second kappa shape index (κ2) is 5.38. The van der Waals surface area contributed by atoms with Crippen molar-refractivity contribution in [1.29, 1.82) is 0 Å². The molecule has 4 nitrogen and oxygen atoms in total. The minimum absolute atomic E-state index is 0.203. The molecule has 1 heterocycles. The van der Waals surface area contributed by atoms with Crippen LogP contribution in [-0.4, -0.2) is 36.5 Å². The highest BCUT2D eigenvalue weighted by atomic mass is 32.2. The van der Waals surface area contributed by atoms with Crippen LogP contribution in [0.4, 0.5) is 0 Å². The molecule has 1 saturated heterocycles. The van der Waals surface area contributed by atoms with Crippen molar-refractivity contribution in [2.45, 2.75) is 58.0 Å². The summed E-state index contributed by atoms with van der Waals surface area (Å²) in [6, 6.07) is 2.02. The summed E-state index contributed by atoms with van der Waals surface area (Å²) in [5, 5.41) is 10.2. The molecule has 5 heteroatoms. The van der Waals surface area contributed by atoms with E-state index in [9.17, 15) is 13.5 Å². The monoisotopic (exact) mass is 311 g/mol. The molecule has 1 aromatic carbocycles. The van der Waals surface area contributed by atoms with E-state index in [4.69, 9.17) is 0 Å². The smallest absolute Gasteiger partial charge is 0.243 e. The van der Waals surface area contributed by atoms with Crippen LogP contribution in [0.2, 0.25) is 0 Å². The molecular formula is C16H25NO3S. The van der Waals surface area contributed by atoms with Crippen LogP contribution in [-0.2, 0) is 10.0 Å². The molecule has 0 unspecified atom stereocenters. The van der Waals surface area contributed by atoms with Crippen LogP contribution in [0, 0.1) is 27.7 Å². The predicted octanol–water partition coefficient (Wildman–Crippen LogP) is 2.46. The molecule has 0 radical (unpaired) electrons. The third-order valence-electron chi connectivity index (χ3n) is 4.55. The molecule has 1 aliphatic heterocycles. The zero-order chi connectivity index (χ0) is 16.0. The van der Waals surface area contributed by atoms with Crippen molar-refractivity contribution in [3.8, 4) is 0 Å². The average molecular weight is 311 g/mol. The van der Waals surface area contributed by atoms with Gasteiger partial charge >= 0.3 is 0 Å². The van der Waals surface area contributed by atoms with E-state index in [1.807, 2.05) is 40.7 Å². The number of hydrogen-bond acceptors (Lipinski definition) is 3. The first-order valence-electron chi connectivity index (χ1n) is 7.42. The van der Waals surface area contributed by atoms with Crippen LogP contribution in [0.15, 0.2) is 11.0 Å². The summed E-state index contributed by atoms with van der Waals surface area (Å²) in [5.74, 6) is 0. The summed E-state index contributed by atoms with van der Waals surface area (Å²) < 4.78 is 27.1. The topological polar surface area (TPSA) is 57.6 Å². The number of aryl methyl sites for hydroxylation is 2. The zero-order valence-electron chi connectivity index (χ0n) is 13.5. The van der Waals surface area contributed by atoms with E-state index >= 15 is 0 Å². The van der Waals surface area contributed by atoms with Gasteiger partial charge in [0.05, 0.1) is 10.5 Å². The minimum Gasteiger partial charge on any atom is -0.387 e. The van der Waals surface area contributed by atoms with Crippen molar-refractivity contribution in [1.82, 2.24) is 4.31 Å². The molecule has 118 valence electrons. The minimum atomic E-state index is -3.52. The molecule has 0 bridgehead atoms. The number of hydrogen-bond donors (Lipinski definition) is 1. The van der Waals surface area contributed by atoms with Crippen LogP contribution >= 0.6 is 0 Å². The Balaban J connectivity index is 2.39. The number of benzene rings is 1. The number of nitrogens with zero attached hydrogens (tertiary/aromatic N) is 1. The third-order valence-corrected chi connectivity index (χ3v) is 6.62. The Labute approximate surface area is 127 Å². The van der Waals surface area contributed by atoms with Crippen molar-refractivity contribution in [3.63, 3.8) is 0 Å². The summed E-state index contributed by atoms with van der Waals surface area (Å²) in [7, 11) is -3.52. The first-order chi connectivity index (χ1) is 9.62. The Hall–Kier alpha value is -0.910. The van der Waals surface area contributed by atoms with Crippen molar-refractivity contribution >= 4 is 10.0 Å². The van der Waals surface area contributed by atoms with E-state index in [1.54, 1.807) is 0 Å². The molecule has 21 heavy (non-hydrogen) atoms. The van der Waals surface area contributed by atoms with Crippen molar-refractivity contribution in [2.75, 3.05) is 13.1 Å². The maximum atomic E-state index is 12.9. The molecular weight excluding hydrogens is 286 g/mol. The van der Waals surface area contributed by atoms with Gasteiger partial charge in [0.25, 0.3) is 0 Å². The molecule has 0 atom stereocenters. The van der Waals surface area contributed by atoms with Crippen molar-refractivity contribution < 1.29 is 13.5 Å². The Bertz CT molecular complexity index is 632. The molecule has 0 amide bonds. The second-order valence-corrected chi connectivity index (χ2v) is 8.21.